The number of halogens is 2. The fourth-order valence-corrected chi connectivity index (χ4v) is 3.03. The summed E-state index contributed by atoms with van der Waals surface area (Å²) in [5, 5.41) is 19.3. The Morgan fingerprint density at radius 3 is 2.79 bits per heavy atom. The molecule has 1 saturated heterocycles. The van der Waals surface area contributed by atoms with E-state index in [-0.39, 0.29) is 5.82 Å². The van der Waals surface area contributed by atoms with Crippen LogP contribution in [0.4, 0.5) is 10.2 Å². The topological polar surface area (TPSA) is 111 Å². The van der Waals surface area contributed by atoms with E-state index in [2.05, 4.69) is 16.8 Å². The van der Waals surface area contributed by atoms with Gasteiger partial charge in [0.2, 0.25) is 0 Å². The van der Waals surface area contributed by atoms with Crippen molar-refractivity contribution in [2.75, 3.05) is 12.4 Å². The number of hydrogen-bond donors (Lipinski definition) is 3. The Morgan fingerprint density at radius 2 is 2.29 bits per heavy atom. The Balaban J connectivity index is 2.64. The summed E-state index contributed by atoms with van der Waals surface area (Å²) in [5.74, 6) is 4.58. The number of nitrogen functional groups attached to an aromatic ring is 1. The average molecular weight is 355 g/mol. The molecule has 0 aromatic carbocycles. The van der Waals surface area contributed by atoms with E-state index < -0.39 is 41.1 Å². The zero-order chi connectivity index (χ0) is 18.3. The molecule has 1 aromatic heterocycles. The number of alkyl halides is 2. The summed E-state index contributed by atoms with van der Waals surface area (Å²) in [6.07, 6.45) is -3.92. The molecule has 4 atom stereocenters. The molecule has 2 unspecified atom stereocenters. The van der Waals surface area contributed by atoms with Gasteiger partial charge in [-0.3, -0.25) is 4.57 Å². The predicted molar refractivity (Wildman–Crippen MR) is 91.9 cm³/mol. The minimum absolute atomic E-state index is 0.0151. The third-order valence-electron chi connectivity index (χ3n) is 3.80. The normalized spacial score (nSPS) is 30.0. The number of rotatable bonds is 2. The van der Waals surface area contributed by atoms with E-state index in [4.69, 9.17) is 22.1 Å². The molecule has 1 fully saturated rings. The molecule has 2 heterocycles. The lowest BCUT2D eigenvalue weighted by atomic mass is 9.60. The molecule has 0 aliphatic carbocycles. The monoisotopic (exact) mass is 355 g/mol. The number of nitrogens with zero attached hydrogens (tertiary/aromatic N) is 2. The summed E-state index contributed by atoms with van der Waals surface area (Å²) < 4.78 is 19.3. The van der Waals surface area contributed by atoms with Gasteiger partial charge < -0.3 is 20.7 Å². The van der Waals surface area contributed by atoms with Crippen LogP contribution in [0.25, 0.3) is 0 Å². The number of nitrogens with two attached hydrogens (primary N) is 1. The summed E-state index contributed by atoms with van der Waals surface area (Å²) in [5.41, 5.74) is 5.15. The van der Waals surface area contributed by atoms with E-state index in [1.807, 2.05) is 0 Å². The minimum atomic E-state index is -1.84. The lowest BCUT2D eigenvalue weighted by molar-refractivity contribution is -0.0736. The SMILES string of the molecule is BC(B)(O)C1O[C@@H](n2c(C)cc(N)nc2=O)C(Cl)(C#CCF)[C@H]1O. The Hall–Kier alpha value is -1.53. The number of hydrogen-bond acceptors (Lipinski definition) is 6. The predicted octanol–water partition coefficient (Wildman–Crippen LogP) is -2.74. The number of aryl methyl sites for hydroxylation is 1. The highest BCUT2D eigenvalue weighted by atomic mass is 35.5. The van der Waals surface area contributed by atoms with E-state index in [0.29, 0.717) is 5.69 Å². The number of ether oxygens (including phenoxy) is 1. The maximum absolute atomic E-state index is 12.5. The Labute approximate surface area is 144 Å². The van der Waals surface area contributed by atoms with Crippen LogP contribution in [-0.2, 0) is 4.74 Å². The van der Waals surface area contributed by atoms with Crippen molar-refractivity contribution in [2.24, 2.45) is 0 Å². The highest BCUT2D eigenvalue weighted by Crippen LogP contribution is 2.45. The van der Waals surface area contributed by atoms with Gasteiger partial charge in [-0.05, 0) is 13.0 Å². The second kappa shape index (κ2) is 6.41. The quantitative estimate of drug-likeness (QED) is 0.302. The van der Waals surface area contributed by atoms with E-state index in [1.54, 1.807) is 6.92 Å². The van der Waals surface area contributed by atoms with Gasteiger partial charge in [-0.2, -0.15) is 4.98 Å². The zero-order valence-corrected chi connectivity index (χ0v) is 14.2. The highest BCUT2D eigenvalue weighted by molar-refractivity contribution is 6.39. The average Bonchev–Trinajstić information content (AvgIpc) is 2.69. The van der Waals surface area contributed by atoms with Gasteiger partial charge in [0.05, 0.1) is 0 Å². The van der Waals surface area contributed by atoms with E-state index >= 15 is 0 Å². The first-order valence-corrected chi connectivity index (χ1v) is 7.56. The molecule has 2 rings (SSSR count). The Kier molecular flexibility index (Phi) is 5.02. The van der Waals surface area contributed by atoms with Gasteiger partial charge in [0.1, 0.15) is 40.4 Å². The number of aromatic nitrogens is 2. The molecule has 0 spiro atoms. The first kappa shape index (κ1) is 18.8. The van der Waals surface area contributed by atoms with Crippen molar-refractivity contribution in [1.29, 1.82) is 0 Å². The van der Waals surface area contributed by atoms with Gasteiger partial charge in [-0.15, -0.1) is 0 Å². The largest absolute Gasteiger partial charge is 0.405 e. The second-order valence-electron chi connectivity index (χ2n) is 6.19. The number of aliphatic hydroxyl groups is 2. The molecular formula is C13H17B2ClFN3O4. The van der Waals surface area contributed by atoms with Crippen molar-refractivity contribution in [3.05, 3.63) is 22.2 Å². The smallest absolute Gasteiger partial charge is 0.351 e. The van der Waals surface area contributed by atoms with Gasteiger partial charge >= 0.3 is 5.69 Å². The summed E-state index contributed by atoms with van der Waals surface area (Å²) in [6.45, 7) is 0.585. The van der Waals surface area contributed by atoms with Gasteiger partial charge in [-0.1, -0.05) is 23.4 Å². The van der Waals surface area contributed by atoms with Gasteiger partial charge in [-0.25, -0.2) is 9.18 Å². The van der Waals surface area contributed by atoms with E-state index in [9.17, 15) is 19.4 Å². The molecule has 1 aromatic rings. The molecule has 128 valence electrons. The van der Waals surface area contributed by atoms with Crippen LogP contribution in [0.1, 0.15) is 11.9 Å². The molecule has 4 N–H and O–H groups in total. The standard InChI is InChI=1S/C13H17B2ClFN3O4/c1-6-5-7(18)19-11(22)20(6)10-12(16,3-2-4-17)8(21)9(24-10)13(14,15)23/h5,8-10,21,23H,4,14-15H2,1H3,(H2,18,19,22)/t8-,9?,10+,12?/m0/s1. The summed E-state index contributed by atoms with van der Waals surface area (Å²) in [7, 11) is 2.83. The minimum Gasteiger partial charge on any atom is -0.405 e. The molecule has 24 heavy (non-hydrogen) atoms. The van der Waals surface area contributed by atoms with Crippen molar-refractivity contribution in [1.82, 2.24) is 9.55 Å². The van der Waals surface area contributed by atoms with Crippen LogP contribution in [0.15, 0.2) is 10.9 Å². The molecule has 0 amide bonds. The van der Waals surface area contributed by atoms with Gasteiger partial charge in [0.25, 0.3) is 0 Å². The fourth-order valence-electron chi connectivity index (χ4n) is 2.70. The third-order valence-corrected chi connectivity index (χ3v) is 4.30. The third kappa shape index (κ3) is 3.17. The first-order chi connectivity index (χ1) is 11.0. The van der Waals surface area contributed by atoms with Crippen LogP contribution in [0.5, 0.6) is 0 Å². The van der Waals surface area contributed by atoms with Crippen LogP contribution in [0.2, 0.25) is 0 Å². The van der Waals surface area contributed by atoms with Gasteiger partial charge in [0.15, 0.2) is 11.1 Å². The van der Waals surface area contributed by atoms with E-state index in [1.165, 1.54) is 21.8 Å². The van der Waals surface area contributed by atoms with Crippen LogP contribution in [0.3, 0.4) is 0 Å². The molecule has 7 nitrogen and oxygen atoms in total. The fraction of sp³-hybridized carbons (Fsp3) is 0.538. The van der Waals surface area contributed by atoms with Crippen molar-refractivity contribution in [3.63, 3.8) is 0 Å². The summed E-state index contributed by atoms with van der Waals surface area (Å²) in [6, 6.07) is 1.43. The maximum atomic E-state index is 12.5. The van der Waals surface area contributed by atoms with Crippen molar-refractivity contribution < 1.29 is 19.3 Å². The maximum Gasteiger partial charge on any atom is 0.351 e. The zero-order valence-electron chi connectivity index (χ0n) is 13.5. The molecule has 1 aliphatic rings. The van der Waals surface area contributed by atoms with Crippen molar-refractivity contribution in [2.45, 2.75) is 35.6 Å². The molecule has 0 bridgehead atoms. The molecule has 11 heteroatoms. The Morgan fingerprint density at radius 1 is 1.67 bits per heavy atom. The molecule has 1 aliphatic heterocycles. The molecule has 0 radical (unpaired) electrons. The van der Waals surface area contributed by atoms with Crippen LogP contribution < -0.4 is 11.4 Å². The lowest BCUT2D eigenvalue weighted by Crippen LogP contribution is -2.52. The van der Waals surface area contributed by atoms with Crippen molar-refractivity contribution >= 4 is 33.1 Å². The lowest BCUT2D eigenvalue weighted by Gasteiger charge is -2.29. The molecule has 0 saturated carbocycles. The second-order valence-corrected chi connectivity index (χ2v) is 6.81. The first-order valence-electron chi connectivity index (χ1n) is 7.19. The van der Waals surface area contributed by atoms with E-state index in [0.717, 1.165) is 4.57 Å². The van der Waals surface area contributed by atoms with Gasteiger partial charge in [0, 0.05) is 11.1 Å². The molecular weight excluding hydrogens is 338 g/mol. The van der Waals surface area contributed by atoms with Crippen LogP contribution in [0, 0.1) is 18.8 Å². The highest BCUT2D eigenvalue weighted by Gasteiger charge is 2.59. The summed E-state index contributed by atoms with van der Waals surface area (Å²) >= 11 is 6.44. The van der Waals surface area contributed by atoms with Crippen LogP contribution >= 0.6 is 11.6 Å². The number of aliphatic hydroxyl groups excluding tert-OH is 1. The summed E-state index contributed by atoms with van der Waals surface area (Å²) in [4.78, 5) is 14.0. The van der Waals surface area contributed by atoms with Crippen LogP contribution in [-0.4, -0.2) is 64.6 Å². The number of anilines is 1. The Bertz CT molecular complexity index is 760. The van der Waals surface area contributed by atoms with Crippen molar-refractivity contribution in [3.8, 4) is 11.8 Å².